The predicted molar refractivity (Wildman–Crippen MR) is 70.1 cm³/mol. The second kappa shape index (κ2) is 6.04. The number of hydrogen-bond acceptors (Lipinski definition) is 5. The molecule has 0 aliphatic rings. The van der Waals surface area contributed by atoms with Crippen LogP contribution in [0.3, 0.4) is 0 Å². The molecule has 0 saturated heterocycles. The second-order valence-electron chi connectivity index (χ2n) is 4.40. The summed E-state index contributed by atoms with van der Waals surface area (Å²) in [5, 5.41) is 13.6. The number of ether oxygens (including phenoxy) is 1. The molecule has 1 N–H and O–H groups in total. The first-order chi connectivity index (χ1) is 9.10. The molecule has 0 fully saturated rings. The monoisotopic (exact) mass is 282 g/mol. The van der Waals surface area contributed by atoms with E-state index < -0.39 is 0 Å². The Morgan fingerprint density at radius 3 is 2.84 bits per heavy atom. The zero-order chi connectivity index (χ0) is 13.8. The van der Waals surface area contributed by atoms with E-state index in [1.165, 1.54) is 0 Å². The number of hydrogen-bond donors (Lipinski definition) is 1. The fourth-order valence-corrected chi connectivity index (χ4v) is 1.71. The summed E-state index contributed by atoms with van der Waals surface area (Å²) in [6.07, 6.45) is 0. The number of aromatic nitrogens is 2. The third kappa shape index (κ3) is 3.45. The molecular formula is C13H15ClN2O3. The van der Waals surface area contributed by atoms with Crippen LogP contribution < -0.4 is 4.74 Å². The van der Waals surface area contributed by atoms with E-state index in [9.17, 15) is 5.11 Å². The Hall–Kier alpha value is -1.59. The van der Waals surface area contributed by atoms with Crippen molar-refractivity contribution >= 4 is 11.6 Å². The summed E-state index contributed by atoms with van der Waals surface area (Å²) in [4.78, 5) is 4.21. The molecule has 0 saturated carbocycles. The van der Waals surface area contributed by atoms with E-state index in [2.05, 4.69) is 10.1 Å². The Bertz CT molecular complexity index is 555. The lowest BCUT2D eigenvalue weighted by Gasteiger charge is -2.08. The molecule has 0 amide bonds. The van der Waals surface area contributed by atoms with E-state index in [1.807, 2.05) is 13.8 Å². The molecule has 5 nitrogen and oxygen atoms in total. The molecule has 0 bridgehead atoms. The molecule has 2 aromatic rings. The molecule has 6 heteroatoms. The van der Waals surface area contributed by atoms with Gasteiger partial charge < -0.3 is 14.4 Å². The molecule has 0 radical (unpaired) electrons. The summed E-state index contributed by atoms with van der Waals surface area (Å²) in [6.45, 7) is 3.99. The minimum atomic E-state index is -0.140. The van der Waals surface area contributed by atoms with Crippen LogP contribution in [0, 0.1) is 0 Å². The highest BCUT2D eigenvalue weighted by Crippen LogP contribution is 2.23. The minimum Gasteiger partial charge on any atom is -0.485 e. The van der Waals surface area contributed by atoms with E-state index in [0.717, 1.165) is 0 Å². The molecular weight excluding hydrogens is 268 g/mol. The van der Waals surface area contributed by atoms with Crippen LogP contribution in [-0.2, 0) is 13.2 Å². The van der Waals surface area contributed by atoms with E-state index >= 15 is 0 Å². The van der Waals surface area contributed by atoms with E-state index in [-0.39, 0.29) is 19.1 Å². The Balaban J connectivity index is 2.05. The molecule has 0 unspecified atom stereocenters. The Labute approximate surface area is 116 Å². The van der Waals surface area contributed by atoms with Gasteiger partial charge in [-0.25, -0.2) is 0 Å². The lowest BCUT2D eigenvalue weighted by molar-refractivity contribution is 0.252. The molecule has 1 heterocycles. The van der Waals surface area contributed by atoms with Crippen molar-refractivity contribution in [3.8, 4) is 5.75 Å². The third-order valence-electron chi connectivity index (χ3n) is 2.53. The summed E-state index contributed by atoms with van der Waals surface area (Å²) in [5.74, 6) is 1.80. The maximum absolute atomic E-state index is 9.23. The first-order valence-corrected chi connectivity index (χ1v) is 6.32. The van der Waals surface area contributed by atoms with Crippen molar-refractivity contribution < 1.29 is 14.4 Å². The molecule has 2 rings (SSSR count). The average molecular weight is 283 g/mol. The van der Waals surface area contributed by atoms with Gasteiger partial charge in [-0.3, -0.25) is 0 Å². The Morgan fingerprint density at radius 2 is 2.21 bits per heavy atom. The average Bonchev–Trinajstić information content (AvgIpc) is 2.86. The summed E-state index contributed by atoms with van der Waals surface area (Å²) in [7, 11) is 0. The normalized spacial score (nSPS) is 11.0. The number of aliphatic hydroxyl groups excluding tert-OH is 1. The number of rotatable bonds is 5. The van der Waals surface area contributed by atoms with Gasteiger partial charge in [-0.2, -0.15) is 4.98 Å². The zero-order valence-corrected chi connectivity index (χ0v) is 11.5. The largest absolute Gasteiger partial charge is 0.485 e. The highest BCUT2D eigenvalue weighted by molar-refractivity contribution is 6.30. The van der Waals surface area contributed by atoms with Crippen LogP contribution in [0.15, 0.2) is 22.7 Å². The molecule has 0 spiro atoms. The van der Waals surface area contributed by atoms with Gasteiger partial charge in [-0.15, -0.1) is 0 Å². The van der Waals surface area contributed by atoms with Gasteiger partial charge >= 0.3 is 0 Å². The van der Waals surface area contributed by atoms with Crippen molar-refractivity contribution in [2.24, 2.45) is 0 Å². The SMILES string of the molecule is CC(C)c1nc(COc2ccc(Cl)cc2CO)no1. The number of nitrogens with zero attached hydrogens (tertiary/aromatic N) is 2. The molecule has 19 heavy (non-hydrogen) atoms. The van der Waals surface area contributed by atoms with Gasteiger partial charge in [0.15, 0.2) is 6.61 Å². The first-order valence-electron chi connectivity index (χ1n) is 5.94. The van der Waals surface area contributed by atoms with Crippen LogP contribution in [0.25, 0.3) is 0 Å². The summed E-state index contributed by atoms with van der Waals surface area (Å²) in [6, 6.07) is 5.07. The van der Waals surface area contributed by atoms with Gasteiger partial charge in [0.25, 0.3) is 0 Å². The van der Waals surface area contributed by atoms with Crippen LogP contribution >= 0.6 is 11.6 Å². The Kier molecular flexibility index (Phi) is 4.39. The van der Waals surface area contributed by atoms with Gasteiger partial charge in [-0.1, -0.05) is 30.6 Å². The number of halogens is 1. The lowest BCUT2D eigenvalue weighted by Crippen LogP contribution is -2.00. The maximum atomic E-state index is 9.23. The quantitative estimate of drug-likeness (QED) is 0.913. The van der Waals surface area contributed by atoms with Crippen LogP contribution in [0.1, 0.15) is 37.0 Å². The highest BCUT2D eigenvalue weighted by Gasteiger charge is 2.11. The number of benzene rings is 1. The van der Waals surface area contributed by atoms with Gasteiger partial charge in [0, 0.05) is 16.5 Å². The smallest absolute Gasteiger partial charge is 0.229 e. The summed E-state index contributed by atoms with van der Waals surface area (Å²) >= 11 is 5.84. The molecule has 0 atom stereocenters. The van der Waals surface area contributed by atoms with Gasteiger partial charge in [0.1, 0.15) is 5.75 Å². The molecule has 1 aromatic heterocycles. The molecule has 102 valence electrons. The first kappa shape index (κ1) is 13.8. The number of aliphatic hydroxyl groups is 1. The zero-order valence-electron chi connectivity index (χ0n) is 10.8. The molecule has 0 aliphatic carbocycles. The molecule has 0 aliphatic heterocycles. The van der Waals surface area contributed by atoms with Crippen molar-refractivity contribution in [2.45, 2.75) is 33.0 Å². The van der Waals surface area contributed by atoms with E-state index in [1.54, 1.807) is 18.2 Å². The third-order valence-corrected chi connectivity index (χ3v) is 2.76. The fraction of sp³-hybridized carbons (Fsp3) is 0.385. The summed E-state index contributed by atoms with van der Waals surface area (Å²) in [5.41, 5.74) is 0.625. The van der Waals surface area contributed by atoms with E-state index in [0.29, 0.717) is 28.1 Å². The fourth-order valence-electron chi connectivity index (χ4n) is 1.52. The van der Waals surface area contributed by atoms with Crippen molar-refractivity contribution in [1.29, 1.82) is 0 Å². The van der Waals surface area contributed by atoms with Crippen molar-refractivity contribution in [3.63, 3.8) is 0 Å². The topological polar surface area (TPSA) is 68.4 Å². The predicted octanol–water partition coefficient (Wildman–Crippen LogP) is 2.92. The van der Waals surface area contributed by atoms with Crippen LogP contribution in [0.4, 0.5) is 0 Å². The second-order valence-corrected chi connectivity index (χ2v) is 4.84. The van der Waals surface area contributed by atoms with Crippen LogP contribution in [0.2, 0.25) is 5.02 Å². The van der Waals surface area contributed by atoms with Crippen molar-refractivity contribution in [1.82, 2.24) is 10.1 Å². The van der Waals surface area contributed by atoms with Crippen LogP contribution in [-0.4, -0.2) is 15.2 Å². The maximum Gasteiger partial charge on any atom is 0.229 e. The highest BCUT2D eigenvalue weighted by atomic mass is 35.5. The lowest BCUT2D eigenvalue weighted by atomic mass is 10.2. The van der Waals surface area contributed by atoms with Gasteiger partial charge in [0.2, 0.25) is 11.7 Å². The standard InChI is InChI=1S/C13H15ClN2O3/c1-8(2)13-15-12(16-19-13)7-18-11-4-3-10(14)5-9(11)6-17/h3-5,8,17H,6-7H2,1-2H3. The van der Waals surface area contributed by atoms with E-state index in [4.69, 9.17) is 20.9 Å². The Morgan fingerprint density at radius 1 is 1.42 bits per heavy atom. The van der Waals surface area contributed by atoms with Crippen molar-refractivity contribution in [2.75, 3.05) is 0 Å². The minimum absolute atomic E-state index is 0.140. The van der Waals surface area contributed by atoms with Gasteiger partial charge in [0.05, 0.1) is 6.61 Å². The summed E-state index contributed by atoms with van der Waals surface area (Å²) < 4.78 is 10.6. The van der Waals surface area contributed by atoms with Crippen molar-refractivity contribution in [3.05, 3.63) is 40.5 Å². The molecule has 1 aromatic carbocycles. The van der Waals surface area contributed by atoms with Crippen LogP contribution in [0.5, 0.6) is 5.75 Å². The van der Waals surface area contributed by atoms with Gasteiger partial charge in [-0.05, 0) is 18.2 Å².